The lowest BCUT2D eigenvalue weighted by Crippen LogP contribution is -2.39. The summed E-state index contributed by atoms with van der Waals surface area (Å²) < 4.78 is 15.9. The zero-order chi connectivity index (χ0) is 26.6. The van der Waals surface area contributed by atoms with Crippen LogP contribution in [-0.2, 0) is 6.54 Å². The molecule has 1 aromatic heterocycles. The largest absolute Gasteiger partial charge is 0.322 e. The maximum Gasteiger partial charge on any atom is 0.322 e. The van der Waals surface area contributed by atoms with Crippen molar-refractivity contribution in [3.05, 3.63) is 136 Å². The maximum atomic E-state index is 14.4. The summed E-state index contributed by atoms with van der Waals surface area (Å²) in [7, 11) is 0. The molecule has 1 heterocycles. The van der Waals surface area contributed by atoms with Crippen molar-refractivity contribution < 1.29 is 9.18 Å². The predicted molar refractivity (Wildman–Crippen MR) is 148 cm³/mol. The van der Waals surface area contributed by atoms with Gasteiger partial charge in [-0.15, -0.1) is 0 Å². The molecule has 5 aromatic rings. The lowest BCUT2D eigenvalue weighted by Gasteiger charge is -2.31. The normalized spacial score (nSPS) is 11.8. The van der Waals surface area contributed by atoms with Crippen molar-refractivity contribution in [3.63, 3.8) is 0 Å². The summed E-state index contributed by atoms with van der Waals surface area (Å²) >= 11 is 6.53. The van der Waals surface area contributed by atoms with Crippen LogP contribution in [0.25, 0.3) is 16.6 Å². The maximum absolute atomic E-state index is 14.4. The summed E-state index contributed by atoms with van der Waals surface area (Å²) in [5.74, 6) is -0.230. The number of aromatic nitrogens is 2. The van der Waals surface area contributed by atoms with Crippen LogP contribution in [0.4, 0.5) is 14.9 Å². The average molecular weight is 527 g/mol. The molecule has 0 saturated heterocycles. The number of para-hydroxylation sites is 3. The molecule has 0 spiro atoms. The summed E-state index contributed by atoms with van der Waals surface area (Å²) in [5.41, 5.74) is 1.55. The molecule has 0 saturated carbocycles. The molecule has 0 aliphatic heterocycles. The van der Waals surface area contributed by atoms with Gasteiger partial charge in [-0.2, -0.15) is 0 Å². The van der Waals surface area contributed by atoms with Crippen molar-refractivity contribution in [2.24, 2.45) is 0 Å². The summed E-state index contributed by atoms with van der Waals surface area (Å²) in [4.78, 5) is 33.8. The monoisotopic (exact) mass is 526 g/mol. The van der Waals surface area contributed by atoms with Gasteiger partial charge in [0.2, 0.25) is 0 Å². The topological polar surface area (TPSA) is 67.2 Å². The molecule has 4 aromatic carbocycles. The Morgan fingerprint density at radius 1 is 0.947 bits per heavy atom. The fourth-order valence-corrected chi connectivity index (χ4v) is 4.57. The minimum Gasteiger partial charge on any atom is -0.310 e. The molecule has 2 amide bonds. The van der Waals surface area contributed by atoms with Crippen molar-refractivity contribution >= 4 is 34.2 Å². The van der Waals surface area contributed by atoms with Gasteiger partial charge in [0.25, 0.3) is 5.56 Å². The van der Waals surface area contributed by atoms with Crippen molar-refractivity contribution in [1.29, 1.82) is 0 Å². The van der Waals surface area contributed by atoms with E-state index in [1.54, 1.807) is 67.6 Å². The second kappa shape index (κ2) is 10.9. The number of halogens is 2. The van der Waals surface area contributed by atoms with Crippen molar-refractivity contribution in [3.8, 4) is 5.69 Å². The highest BCUT2D eigenvalue weighted by atomic mass is 35.5. The first-order valence-electron chi connectivity index (χ1n) is 12.1. The quantitative estimate of drug-likeness (QED) is 0.260. The van der Waals surface area contributed by atoms with Gasteiger partial charge < -0.3 is 10.2 Å². The van der Waals surface area contributed by atoms with E-state index in [2.05, 4.69) is 5.32 Å². The molecule has 8 heteroatoms. The van der Waals surface area contributed by atoms with E-state index in [9.17, 15) is 14.0 Å². The fourth-order valence-electron chi connectivity index (χ4n) is 4.35. The summed E-state index contributed by atoms with van der Waals surface area (Å²) in [6, 6.07) is 28.2. The third-order valence-corrected chi connectivity index (χ3v) is 6.63. The molecule has 5 rings (SSSR count). The standard InChI is InChI=1S/C30H24ClFN4O2/c1-20(35(19-21-11-3-2-4-12-21)30(38)34-26-17-9-7-15-24(26)32)28-33-25-16-8-5-13-22(25)29(37)36(28)27-18-10-6-14-23(27)31/h2-18,20H,19H2,1H3,(H,34,38). The zero-order valence-corrected chi connectivity index (χ0v) is 21.3. The van der Waals surface area contributed by atoms with Crippen molar-refractivity contribution in [1.82, 2.24) is 14.5 Å². The molecule has 1 atom stereocenters. The van der Waals surface area contributed by atoms with Gasteiger partial charge in [0, 0.05) is 6.54 Å². The zero-order valence-electron chi connectivity index (χ0n) is 20.5. The highest BCUT2D eigenvalue weighted by Gasteiger charge is 2.28. The predicted octanol–water partition coefficient (Wildman–Crippen LogP) is 6.97. The lowest BCUT2D eigenvalue weighted by molar-refractivity contribution is 0.185. The minimum atomic E-state index is -0.712. The number of fused-ring (bicyclic) bond motifs is 1. The number of hydrogen-bond donors (Lipinski definition) is 1. The van der Waals surface area contributed by atoms with Crippen LogP contribution in [0.15, 0.2) is 108 Å². The van der Waals surface area contributed by atoms with E-state index in [1.807, 2.05) is 30.3 Å². The van der Waals surface area contributed by atoms with Crippen LogP contribution in [0, 0.1) is 5.82 Å². The highest BCUT2D eigenvalue weighted by Crippen LogP contribution is 2.28. The van der Waals surface area contributed by atoms with Crippen LogP contribution in [0.5, 0.6) is 0 Å². The molecule has 190 valence electrons. The molecule has 0 radical (unpaired) electrons. The number of nitrogens with zero attached hydrogens (tertiary/aromatic N) is 3. The number of benzene rings is 4. The third-order valence-electron chi connectivity index (χ3n) is 6.31. The smallest absolute Gasteiger partial charge is 0.310 e. The average Bonchev–Trinajstić information content (AvgIpc) is 2.94. The van der Waals surface area contributed by atoms with Crippen molar-refractivity contribution in [2.45, 2.75) is 19.5 Å². The van der Waals surface area contributed by atoms with E-state index in [4.69, 9.17) is 16.6 Å². The van der Waals surface area contributed by atoms with Crippen LogP contribution >= 0.6 is 11.6 Å². The molecule has 1 N–H and O–H groups in total. The molecule has 6 nitrogen and oxygen atoms in total. The van der Waals surface area contributed by atoms with Gasteiger partial charge in [0.15, 0.2) is 0 Å². The number of urea groups is 1. The van der Waals surface area contributed by atoms with Crippen LogP contribution in [0.2, 0.25) is 5.02 Å². The Morgan fingerprint density at radius 2 is 1.61 bits per heavy atom. The number of rotatable bonds is 6. The van der Waals surface area contributed by atoms with Crippen LogP contribution < -0.4 is 10.9 Å². The molecule has 38 heavy (non-hydrogen) atoms. The Balaban J connectivity index is 1.67. The first-order valence-corrected chi connectivity index (χ1v) is 12.4. The summed E-state index contributed by atoms with van der Waals surface area (Å²) in [6.07, 6.45) is 0. The van der Waals surface area contributed by atoms with Gasteiger partial charge in [-0.25, -0.2) is 14.2 Å². The number of carbonyl (C=O) groups excluding carboxylic acids is 1. The van der Waals surface area contributed by atoms with E-state index in [0.29, 0.717) is 27.4 Å². The Kier molecular flexibility index (Phi) is 7.20. The fraction of sp³-hybridized carbons (Fsp3) is 0.100. The summed E-state index contributed by atoms with van der Waals surface area (Å²) in [5, 5.41) is 3.47. The van der Waals surface area contributed by atoms with Crippen molar-refractivity contribution in [2.75, 3.05) is 5.32 Å². The van der Waals surface area contributed by atoms with Gasteiger partial charge in [-0.1, -0.05) is 78.3 Å². The molecular formula is C30H24ClFN4O2. The van der Waals surface area contributed by atoms with Crippen LogP contribution in [0.1, 0.15) is 24.4 Å². The van der Waals surface area contributed by atoms with E-state index < -0.39 is 17.9 Å². The van der Waals surface area contributed by atoms with E-state index >= 15 is 0 Å². The number of anilines is 1. The molecule has 0 aliphatic rings. The van der Waals surface area contributed by atoms with Crippen LogP contribution in [-0.4, -0.2) is 20.5 Å². The Bertz CT molecular complexity index is 1670. The second-order valence-corrected chi connectivity index (χ2v) is 9.19. The molecule has 0 fully saturated rings. The highest BCUT2D eigenvalue weighted by molar-refractivity contribution is 6.32. The molecule has 0 aliphatic carbocycles. The number of amides is 2. The van der Waals surface area contributed by atoms with Gasteiger partial charge >= 0.3 is 6.03 Å². The van der Waals surface area contributed by atoms with E-state index in [1.165, 1.54) is 21.6 Å². The Morgan fingerprint density at radius 3 is 2.37 bits per heavy atom. The summed E-state index contributed by atoms with van der Waals surface area (Å²) in [6.45, 7) is 1.97. The van der Waals surface area contributed by atoms with Gasteiger partial charge in [0.1, 0.15) is 11.6 Å². The Labute approximate surface area is 223 Å². The molecule has 0 bridgehead atoms. The number of hydrogen-bond acceptors (Lipinski definition) is 3. The first-order chi connectivity index (χ1) is 18.4. The van der Waals surface area contributed by atoms with Crippen LogP contribution in [0.3, 0.4) is 0 Å². The first kappa shape index (κ1) is 25.2. The number of nitrogens with one attached hydrogen (secondary N) is 1. The van der Waals surface area contributed by atoms with E-state index in [0.717, 1.165) is 5.56 Å². The lowest BCUT2D eigenvalue weighted by atomic mass is 10.1. The SMILES string of the molecule is CC(c1nc2ccccc2c(=O)n1-c1ccccc1Cl)N(Cc1ccccc1)C(=O)Nc1ccccc1F. The molecule has 1 unspecified atom stereocenters. The number of carbonyl (C=O) groups is 1. The second-order valence-electron chi connectivity index (χ2n) is 8.78. The Hall–Kier alpha value is -4.49. The van der Waals surface area contributed by atoms with Gasteiger partial charge in [0.05, 0.1) is 33.3 Å². The minimum absolute atomic E-state index is 0.0535. The molecular weight excluding hydrogens is 503 g/mol. The third kappa shape index (κ3) is 5.01. The van der Waals surface area contributed by atoms with Gasteiger partial charge in [-0.05, 0) is 48.9 Å². The van der Waals surface area contributed by atoms with Gasteiger partial charge in [-0.3, -0.25) is 9.36 Å². The van der Waals surface area contributed by atoms with E-state index in [-0.39, 0.29) is 17.8 Å².